The van der Waals surface area contributed by atoms with Crippen molar-refractivity contribution in [1.29, 1.82) is 0 Å². The first-order chi connectivity index (χ1) is 9.20. The summed E-state index contributed by atoms with van der Waals surface area (Å²) in [6.45, 7) is 0. The van der Waals surface area contributed by atoms with Crippen LogP contribution in [-0.2, 0) is 16.0 Å². The molecule has 0 aliphatic rings. The Morgan fingerprint density at radius 3 is 2.53 bits per heavy atom. The fraction of sp³-hybridized carbons (Fsp3) is 0.188. The van der Waals surface area contributed by atoms with Gasteiger partial charge in [0.25, 0.3) is 0 Å². The molecule has 0 bridgehead atoms. The first-order valence-corrected chi connectivity index (χ1v) is 6.11. The van der Waals surface area contributed by atoms with Crippen molar-refractivity contribution in [3.63, 3.8) is 0 Å². The number of ether oxygens (including phenoxy) is 1. The predicted octanol–water partition coefficient (Wildman–Crippen LogP) is 2.89. The molecule has 2 aromatic rings. The highest BCUT2D eigenvalue weighted by Crippen LogP contribution is 2.23. The summed E-state index contributed by atoms with van der Waals surface area (Å²) in [5, 5.41) is 9.48. The van der Waals surface area contributed by atoms with Gasteiger partial charge < -0.3 is 9.84 Å². The highest BCUT2D eigenvalue weighted by Gasteiger charge is 2.21. The van der Waals surface area contributed by atoms with E-state index in [0.29, 0.717) is 6.42 Å². The van der Waals surface area contributed by atoms with Gasteiger partial charge in [-0.3, -0.25) is 4.79 Å². The Labute approximate surface area is 112 Å². The van der Waals surface area contributed by atoms with Crippen molar-refractivity contribution in [2.75, 3.05) is 7.11 Å². The fourth-order valence-corrected chi connectivity index (χ4v) is 2.08. The van der Waals surface area contributed by atoms with Crippen LogP contribution in [0.1, 0.15) is 17.0 Å². The Bertz CT molecular complexity index is 549. The monoisotopic (exact) mass is 256 g/mol. The van der Waals surface area contributed by atoms with Crippen molar-refractivity contribution < 1.29 is 14.6 Å². The minimum atomic E-state index is -0.354. The molecule has 98 valence electrons. The largest absolute Gasteiger partial charge is 0.508 e. The number of benzene rings is 2. The molecule has 19 heavy (non-hydrogen) atoms. The minimum absolute atomic E-state index is 0.203. The van der Waals surface area contributed by atoms with Gasteiger partial charge in [0.05, 0.1) is 13.0 Å². The van der Waals surface area contributed by atoms with Crippen molar-refractivity contribution in [3.05, 3.63) is 65.7 Å². The Morgan fingerprint density at radius 1 is 1.16 bits per heavy atom. The number of carbonyl (C=O) groups excluding carboxylic acids is 1. The lowest BCUT2D eigenvalue weighted by atomic mass is 9.92. The summed E-state index contributed by atoms with van der Waals surface area (Å²) in [5.74, 6) is -0.420. The molecule has 0 aromatic heterocycles. The van der Waals surface area contributed by atoms with Crippen molar-refractivity contribution in [3.8, 4) is 5.75 Å². The van der Waals surface area contributed by atoms with Gasteiger partial charge in [-0.1, -0.05) is 42.5 Å². The smallest absolute Gasteiger partial charge is 0.313 e. The van der Waals surface area contributed by atoms with E-state index in [-0.39, 0.29) is 17.6 Å². The number of phenolic OH excluding ortho intramolecular Hbond substituents is 1. The van der Waals surface area contributed by atoms with E-state index in [1.54, 1.807) is 18.2 Å². The van der Waals surface area contributed by atoms with Crippen LogP contribution in [0, 0.1) is 0 Å². The van der Waals surface area contributed by atoms with E-state index in [4.69, 9.17) is 4.74 Å². The van der Waals surface area contributed by atoms with E-state index >= 15 is 0 Å². The SMILES string of the molecule is COC(=O)C(Cc1cccc(O)c1)c1ccccc1. The van der Waals surface area contributed by atoms with Crippen molar-refractivity contribution in [1.82, 2.24) is 0 Å². The van der Waals surface area contributed by atoms with Crippen LogP contribution in [-0.4, -0.2) is 18.2 Å². The Balaban J connectivity index is 2.27. The molecule has 1 N–H and O–H groups in total. The molecule has 0 fully saturated rings. The van der Waals surface area contributed by atoms with Crippen LogP contribution in [0.4, 0.5) is 0 Å². The van der Waals surface area contributed by atoms with Gasteiger partial charge in [-0.2, -0.15) is 0 Å². The van der Waals surface area contributed by atoms with E-state index in [9.17, 15) is 9.90 Å². The number of hydrogen-bond donors (Lipinski definition) is 1. The van der Waals surface area contributed by atoms with Crippen LogP contribution < -0.4 is 0 Å². The lowest BCUT2D eigenvalue weighted by Crippen LogP contribution is -2.16. The summed E-state index contributed by atoms with van der Waals surface area (Å²) < 4.78 is 4.87. The van der Waals surface area contributed by atoms with E-state index in [0.717, 1.165) is 11.1 Å². The zero-order valence-electron chi connectivity index (χ0n) is 10.7. The molecular weight excluding hydrogens is 240 g/mol. The minimum Gasteiger partial charge on any atom is -0.508 e. The van der Waals surface area contributed by atoms with Crippen LogP contribution in [0.25, 0.3) is 0 Å². The number of esters is 1. The van der Waals surface area contributed by atoms with Crippen LogP contribution in [0.2, 0.25) is 0 Å². The molecule has 0 radical (unpaired) electrons. The molecule has 1 unspecified atom stereocenters. The third-order valence-electron chi connectivity index (χ3n) is 3.04. The molecule has 0 aliphatic carbocycles. The predicted molar refractivity (Wildman–Crippen MR) is 73.0 cm³/mol. The highest BCUT2D eigenvalue weighted by molar-refractivity contribution is 5.78. The quantitative estimate of drug-likeness (QED) is 0.856. The topological polar surface area (TPSA) is 46.5 Å². The van der Waals surface area contributed by atoms with Crippen LogP contribution in [0.5, 0.6) is 5.75 Å². The molecule has 0 spiro atoms. The van der Waals surface area contributed by atoms with Gasteiger partial charge in [-0.25, -0.2) is 0 Å². The van der Waals surface area contributed by atoms with Gasteiger partial charge in [0.15, 0.2) is 0 Å². The third kappa shape index (κ3) is 3.35. The van der Waals surface area contributed by atoms with Gasteiger partial charge in [0.2, 0.25) is 0 Å². The zero-order valence-corrected chi connectivity index (χ0v) is 10.7. The van der Waals surface area contributed by atoms with Gasteiger partial charge in [-0.05, 0) is 29.7 Å². The average Bonchev–Trinajstić information content (AvgIpc) is 2.45. The Morgan fingerprint density at radius 2 is 1.89 bits per heavy atom. The average molecular weight is 256 g/mol. The molecule has 2 rings (SSSR count). The number of phenols is 1. The van der Waals surface area contributed by atoms with E-state index in [1.165, 1.54) is 7.11 Å². The lowest BCUT2D eigenvalue weighted by molar-refractivity contribution is -0.142. The summed E-state index contributed by atoms with van der Waals surface area (Å²) in [7, 11) is 1.39. The number of methoxy groups -OCH3 is 1. The Hall–Kier alpha value is -2.29. The number of carbonyl (C=O) groups is 1. The maximum atomic E-state index is 11.9. The second kappa shape index (κ2) is 6.05. The molecule has 2 aromatic carbocycles. The molecule has 0 aliphatic heterocycles. The molecule has 3 heteroatoms. The van der Waals surface area contributed by atoms with Crippen molar-refractivity contribution >= 4 is 5.97 Å². The number of hydrogen-bond acceptors (Lipinski definition) is 3. The van der Waals surface area contributed by atoms with Gasteiger partial charge in [0.1, 0.15) is 5.75 Å². The highest BCUT2D eigenvalue weighted by atomic mass is 16.5. The van der Waals surface area contributed by atoms with Crippen molar-refractivity contribution in [2.45, 2.75) is 12.3 Å². The molecule has 0 saturated heterocycles. The Kier molecular flexibility index (Phi) is 4.18. The zero-order chi connectivity index (χ0) is 13.7. The molecule has 0 saturated carbocycles. The normalized spacial score (nSPS) is 11.8. The van der Waals surface area contributed by atoms with Crippen LogP contribution in [0.15, 0.2) is 54.6 Å². The second-order valence-corrected chi connectivity index (χ2v) is 4.36. The van der Waals surface area contributed by atoms with Gasteiger partial charge in [-0.15, -0.1) is 0 Å². The first kappa shape index (κ1) is 13.1. The lowest BCUT2D eigenvalue weighted by Gasteiger charge is -2.15. The van der Waals surface area contributed by atoms with Gasteiger partial charge >= 0.3 is 5.97 Å². The maximum Gasteiger partial charge on any atom is 0.313 e. The van der Waals surface area contributed by atoms with E-state index in [2.05, 4.69) is 0 Å². The second-order valence-electron chi connectivity index (χ2n) is 4.36. The summed E-state index contributed by atoms with van der Waals surface area (Å²) in [5.41, 5.74) is 1.82. The maximum absolute atomic E-state index is 11.9. The summed E-state index contributed by atoms with van der Waals surface area (Å²) in [4.78, 5) is 11.9. The van der Waals surface area contributed by atoms with Gasteiger partial charge in [0, 0.05) is 0 Å². The van der Waals surface area contributed by atoms with Crippen molar-refractivity contribution in [2.24, 2.45) is 0 Å². The first-order valence-electron chi connectivity index (χ1n) is 6.11. The number of rotatable bonds is 4. The molecule has 3 nitrogen and oxygen atoms in total. The standard InChI is InChI=1S/C16H16O3/c1-19-16(18)15(13-7-3-2-4-8-13)11-12-6-5-9-14(17)10-12/h2-10,15,17H,11H2,1H3. The summed E-state index contributed by atoms with van der Waals surface area (Å²) in [6.07, 6.45) is 0.505. The number of aromatic hydroxyl groups is 1. The summed E-state index contributed by atoms with van der Waals surface area (Å²) >= 11 is 0. The molecule has 1 atom stereocenters. The van der Waals surface area contributed by atoms with Crippen LogP contribution >= 0.6 is 0 Å². The molecule has 0 amide bonds. The van der Waals surface area contributed by atoms with Crippen LogP contribution in [0.3, 0.4) is 0 Å². The molecule has 0 heterocycles. The third-order valence-corrected chi connectivity index (χ3v) is 3.04. The summed E-state index contributed by atoms with van der Waals surface area (Å²) in [6, 6.07) is 16.4. The molecular formula is C16H16O3. The van der Waals surface area contributed by atoms with E-state index < -0.39 is 0 Å². The van der Waals surface area contributed by atoms with E-state index in [1.807, 2.05) is 36.4 Å². The fourth-order valence-electron chi connectivity index (χ4n) is 2.08.